The number of hydrazone groups is 1. The van der Waals surface area contributed by atoms with Crippen LogP contribution in [0.15, 0.2) is 35.6 Å². The van der Waals surface area contributed by atoms with E-state index in [1.807, 2.05) is 0 Å². The highest BCUT2D eigenvalue weighted by Gasteiger charge is 2.07. The molecule has 0 radical (unpaired) electrons. The quantitative estimate of drug-likeness (QED) is 0.639. The molecule has 20 heavy (non-hydrogen) atoms. The summed E-state index contributed by atoms with van der Waals surface area (Å²) >= 11 is 17.6. The molecule has 104 valence electrons. The summed E-state index contributed by atoms with van der Waals surface area (Å²) in [4.78, 5) is 4.01. The number of halogens is 3. The lowest BCUT2D eigenvalue weighted by Crippen LogP contribution is -2.01. The second-order valence-electron chi connectivity index (χ2n) is 3.95. The van der Waals surface area contributed by atoms with Crippen molar-refractivity contribution in [1.29, 1.82) is 0 Å². The highest BCUT2D eigenvalue weighted by atomic mass is 35.5. The highest BCUT2D eigenvalue weighted by Crippen LogP contribution is 2.24. The number of rotatable bonds is 3. The van der Waals surface area contributed by atoms with Gasteiger partial charge in [-0.1, -0.05) is 34.8 Å². The van der Waals surface area contributed by atoms with Crippen LogP contribution in [-0.4, -0.2) is 15.8 Å². The van der Waals surface area contributed by atoms with E-state index in [4.69, 9.17) is 34.8 Å². The fraction of sp³-hybridized carbons (Fsp3) is 0.0769. The molecule has 1 aromatic heterocycles. The minimum Gasteiger partial charge on any atom is -0.507 e. The Morgan fingerprint density at radius 3 is 2.65 bits per heavy atom. The lowest BCUT2D eigenvalue weighted by Gasteiger charge is -2.06. The molecular weight excluding hydrogens is 321 g/mol. The molecule has 4 nitrogen and oxygen atoms in total. The molecule has 1 heterocycles. The first kappa shape index (κ1) is 14.9. The minimum atomic E-state index is 0.0904. The summed E-state index contributed by atoms with van der Waals surface area (Å²) in [5, 5.41) is 15.2. The zero-order chi connectivity index (χ0) is 14.7. The number of pyridine rings is 1. The van der Waals surface area contributed by atoms with E-state index >= 15 is 0 Å². The van der Waals surface area contributed by atoms with Crippen molar-refractivity contribution in [1.82, 2.24) is 4.98 Å². The number of nitrogens with zero attached hydrogens (tertiary/aromatic N) is 2. The molecule has 0 amide bonds. The van der Waals surface area contributed by atoms with Crippen molar-refractivity contribution >= 4 is 46.3 Å². The van der Waals surface area contributed by atoms with E-state index in [0.29, 0.717) is 32.2 Å². The van der Waals surface area contributed by atoms with Crippen molar-refractivity contribution in [2.24, 2.45) is 5.10 Å². The van der Waals surface area contributed by atoms with Crippen LogP contribution < -0.4 is 5.43 Å². The standard InChI is InChI=1S/C13H10Cl3N3O/c1-7(10-4-8(14)2-3-12(10)20)18-19-13-11(16)5-9(15)6-17-13/h2-6,20H,1H3,(H,17,19)/b18-7+. The third kappa shape index (κ3) is 3.54. The first-order valence-corrected chi connectivity index (χ1v) is 6.71. The summed E-state index contributed by atoms with van der Waals surface area (Å²) < 4.78 is 0. The molecule has 0 saturated carbocycles. The predicted molar refractivity (Wildman–Crippen MR) is 83.2 cm³/mol. The molecule has 2 N–H and O–H groups in total. The average molecular weight is 331 g/mol. The van der Waals surface area contributed by atoms with Gasteiger partial charge in [-0.05, 0) is 31.2 Å². The summed E-state index contributed by atoms with van der Waals surface area (Å²) in [6.45, 7) is 1.72. The summed E-state index contributed by atoms with van der Waals surface area (Å²) in [6.07, 6.45) is 1.46. The monoisotopic (exact) mass is 329 g/mol. The predicted octanol–water partition coefficient (Wildman–Crippen LogP) is 4.58. The maximum atomic E-state index is 9.77. The molecule has 0 spiro atoms. The summed E-state index contributed by atoms with van der Waals surface area (Å²) in [5.41, 5.74) is 3.78. The van der Waals surface area contributed by atoms with E-state index in [1.54, 1.807) is 25.1 Å². The smallest absolute Gasteiger partial charge is 0.165 e. The SMILES string of the molecule is C/C(=N\Nc1ncc(Cl)cc1Cl)c1cc(Cl)ccc1O. The number of nitrogens with one attached hydrogen (secondary N) is 1. The number of phenolic OH excluding ortho intramolecular Hbond substituents is 1. The van der Waals surface area contributed by atoms with Crippen LogP contribution in [0, 0.1) is 0 Å². The molecule has 0 aliphatic carbocycles. The van der Waals surface area contributed by atoms with E-state index in [0.717, 1.165) is 0 Å². The van der Waals surface area contributed by atoms with Crippen LogP contribution in [0.2, 0.25) is 15.1 Å². The van der Waals surface area contributed by atoms with E-state index < -0.39 is 0 Å². The summed E-state index contributed by atoms with van der Waals surface area (Å²) in [5.74, 6) is 0.463. The van der Waals surface area contributed by atoms with Crippen LogP contribution in [0.25, 0.3) is 0 Å². The molecule has 0 atom stereocenters. The van der Waals surface area contributed by atoms with Crippen molar-refractivity contribution in [3.8, 4) is 5.75 Å². The number of hydrogen-bond acceptors (Lipinski definition) is 4. The molecule has 2 rings (SSSR count). The zero-order valence-electron chi connectivity index (χ0n) is 10.4. The van der Waals surface area contributed by atoms with Crippen LogP contribution in [-0.2, 0) is 0 Å². The second-order valence-corrected chi connectivity index (χ2v) is 5.23. The lowest BCUT2D eigenvalue weighted by molar-refractivity contribution is 0.474. The highest BCUT2D eigenvalue weighted by molar-refractivity contribution is 6.36. The Labute approximate surface area is 131 Å². The molecule has 7 heteroatoms. The number of aromatic hydroxyl groups is 1. The van der Waals surface area contributed by atoms with Gasteiger partial charge in [0.15, 0.2) is 5.82 Å². The van der Waals surface area contributed by atoms with Gasteiger partial charge in [0.25, 0.3) is 0 Å². The summed E-state index contributed by atoms with van der Waals surface area (Å²) in [7, 11) is 0. The van der Waals surface area contributed by atoms with Crippen molar-refractivity contribution in [2.45, 2.75) is 6.92 Å². The Balaban J connectivity index is 2.24. The molecule has 0 bridgehead atoms. The van der Waals surface area contributed by atoms with E-state index in [2.05, 4.69) is 15.5 Å². The van der Waals surface area contributed by atoms with Gasteiger partial charge in [0.2, 0.25) is 0 Å². The number of hydrogen-bond donors (Lipinski definition) is 2. The number of benzene rings is 1. The molecule has 0 fully saturated rings. The van der Waals surface area contributed by atoms with Crippen molar-refractivity contribution in [2.75, 3.05) is 5.43 Å². The van der Waals surface area contributed by atoms with Gasteiger partial charge in [0.05, 0.1) is 15.8 Å². The molecule has 0 unspecified atom stereocenters. The largest absolute Gasteiger partial charge is 0.507 e. The van der Waals surface area contributed by atoms with Gasteiger partial charge in [-0.2, -0.15) is 5.10 Å². The Morgan fingerprint density at radius 1 is 1.20 bits per heavy atom. The Bertz CT molecular complexity index is 674. The maximum Gasteiger partial charge on any atom is 0.165 e. The van der Waals surface area contributed by atoms with Gasteiger partial charge in [-0.3, -0.25) is 5.43 Å². The third-order valence-electron chi connectivity index (χ3n) is 2.49. The van der Waals surface area contributed by atoms with Crippen LogP contribution in [0.5, 0.6) is 5.75 Å². The van der Waals surface area contributed by atoms with E-state index in [1.165, 1.54) is 12.3 Å². The van der Waals surface area contributed by atoms with E-state index in [9.17, 15) is 5.11 Å². The Morgan fingerprint density at radius 2 is 1.95 bits per heavy atom. The van der Waals surface area contributed by atoms with Gasteiger partial charge in [-0.15, -0.1) is 0 Å². The number of aromatic nitrogens is 1. The van der Waals surface area contributed by atoms with Crippen molar-refractivity contribution in [3.63, 3.8) is 0 Å². The number of anilines is 1. The fourth-order valence-electron chi connectivity index (χ4n) is 1.49. The Hall–Kier alpha value is -1.49. The molecule has 2 aromatic rings. The first-order valence-electron chi connectivity index (χ1n) is 5.57. The van der Waals surface area contributed by atoms with Gasteiger partial charge >= 0.3 is 0 Å². The number of phenols is 1. The normalized spacial score (nSPS) is 11.5. The molecular formula is C13H10Cl3N3O. The molecule has 0 saturated heterocycles. The molecule has 0 aliphatic rings. The van der Waals surface area contributed by atoms with Gasteiger partial charge in [0, 0.05) is 16.8 Å². The van der Waals surface area contributed by atoms with Gasteiger partial charge in [-0.25, -0.2) is 4.98 Å². The second kappa shape index (κ2) is 6.31. The van der Waals surface area contributed by atoms with Crippen LogP contribution in [0.4, 0.5) is 5.82 Å². The maximum absolute atomic E-state index is 9.77. The Kier molecular flexibility index (Phi) is 4.70. The summed E-state index contributed by atoms with van der Waals surface area (Å²) in [6, 6.07) is 6.28. The van der Waals surface area contributed by atoms with E-state index in [-0.39, 0.29) is 5.75 Å². The van der Waals surface area contributed by atoms with Crippen molar-refractivity contribution < 1.29 is 5.11 Å². The van der Waals surface area contributed by atoms with Gasteiger partial charge in [0.1, 0.15) is 5.75 Å². The molecule has 1 aromatic carbocycles. The van der Waals surface area contributed by atoms with Crippen LogP contribution in [0.3, 0.4) is 0 Å². The molecule has 0 aliphatic heterocycles. The first-order chi connectivity index (χ1) is 9.47. The van der Waals surface area contributed by atoms with Gasteiger partial charge < -0.3 is 5.11 Å². The minimum absolute atomic E-state index is 0.0904. The fourth-order valence-corrected chi connectivity index (χ4v) is 2.09. The zero-order valence-corrected chi connectivity index (χ0v) is 12.6. The third-order valence-corrected chi connectivity index (χ3v) is 3.22. The van der Waals surface area contributed by atoms with Crippen LogP contribution >= 0.6 is 34.8 Å². The lowest BCUT2D eigenvalue weighted by atomic mass is 10.1. The average Bonchev–Trinajstić information content (AvgIpc) is 2.40. The van der Waals surface area contributed by atoms with Crippen LogP contribution in [0.1, 0.15) is 12.5 Å². The van der Waals surface area contributed by atoms with Crippen molar-refractivity contribution in [3.05, 3.63) is 51.1 Å². The topological polar surface area (TPSA) is 57.5 Å².